The molecule has 0 aliphatic heterocycles. The first kappa shape index (κ1) is 15.2. The molecule has 0 radical (unpaired) electrons. The van der Waals surface area contributed by atoms with Crippen molar-refractivity contribution in [2.75, 3.05) is 7.11 Å². The molecule has 0 unspecified atom stereocenters. The number of rotatable bonds is 5. The second-order valence-corrected chi connectivity index (χ2v) is 4.92. The summed E-state index contributed by atoms with van der Waals surface area (Å²) < 4.78 is 11.0. The summed E-state index contributed by atoms with van der Waals surface area (Å²) >= 11 is 5.96. The molecule has 0 aliphatic rings. The van der Waals surface area contributed by atoms with Gasteiger partial charge in [-0.05, 0) is 37.3 Å². The van der Waals surface area contributed by atoms with E-state index >= 15 is 0 Å². The molecular formula is C16H15ClO4. The fraction of sp³-hybridized carbons (Fsp3) is 0.188. The van der Waals surface area contributed by atoms with Crippen LogP contribution in [0, 0.1) is 6.92 Å². The summed E-state index contributed by atoms with van der Waals surface area (Å²) in [7, 11) is 1.57. The van der Waals surface area contributed by atoms with E-state index in [9.17, 15) is 4.79 Å². The summed E-state index contributed by atoms with van der Waals surface area (Å²) in [5.41, 5.74) is 1.61. The average Bonchev–Trinajstić information content (AvgIpc) is 2.46. The molecule has 0 atom stereocenters. The van der Waals surface area contributed by atoms with Gasteiger partial charge in [0.15, 0.2) is 0 Å². The lowest BCUT2D eigenvalue weighted by Crippen LogP contribution is -2.04. The molecule has 0 heterocycles. The van der Waals surface area contributed by atoms with Crippen LogP contribution in [0.1, 0.15) is 21.5 Å². The maximum absolute atomic E-state index is 11.1. The van der Waals surface area contributed by atoms with E-state index in [0.29, 0.717) is 22.1 Å². The van der Waals surface area contributed by atoms with Gasteiger partial charge in [-0.1, -0.05) is 17.7 Å². The zero-order chi connectivity index (χ0) is 15.4. The predicted molar refractivity (Wildman–Crippen MR) is 80.5 cm³/mol. The van der Waals surface area contributed by atoms with Crippen LogP contribution >= 0.6 is 11.6 Å². The summed E-state index contributed by atoms with van der Waals surface area (Å²) in [6.07, 6.45) is 0. The first-order chi connectivity index (χ1) is 10.0. The molecule has 2 aromatic carbocycles. The largest absolute Gasteiger partial charge is 0.496 e. The van der Waals surface area contributed by atoms with E-state index in [0.717, 1.165) is 5.56 Å². The van der Waals surface area contributed by atoms with Gasteiger partial charge in [0.2, 0.25) is 0 Å². The Kier molecular flexibility index (Phi) is 4.70. The predicted octanol–water partition coefficient (Wildman–Crippen LogP) is 3.93. The molecule has 0 aliphatic carbocycles. The maximum atomic E-state index is 11.1. The Balaban J connectivity index is 2.23. The first-order valence-corrected chi connectivity index (χ1v) is 6.69. The van der Waals surface area contributed by atoms with Crippen LogP contribution < -0.4 is 9.47 Å². The van der Waals surface area contributed by atoms with Gasteiger partial charge in [0.25, 0.3) is 0 Å². The van der Waals surface area contributed by atoms with Crippen LogP contribution in [0.5, 0.6) is 11.5 Å². The lowest BCUT2D eigenvalue weighted by atomic mass is 10.1. The third-order valence-electron chi connectivity index (χ3n) is 3.14. The number of hydrogen-bond acceptors (Lipinski definition) is 3. The number of hydrogen-bond donors (Lipinski definition) is 1. The Morgan fingerprint density at radius 2 is 2.00 bits per heavy atom. The zero-order valence-electron chi connectivity index (χ0n) is 11.7. The van der Waals surface area contributed by atoms with Crippen molar-refractivity contribution in [2.45, 2.75) is 13.5 Å². The average molecular weight is 307 g/mol. The molecule has 0 aromatic heterocycles. The number of carbonyl (C=O) groups is 1. The third kappa shape index (κ3) is 3.47. The fourth-order valence-electron chi connectivity index (χ4n) is 2.02. The Morgan fingerprint density at radius 3 is 2.67 bits per heavy atom. The monoisotopic (exact) mass is 306 g/mol. The van der Waals surface area contributed by atoms with Gasteiger partial charge < -0.3 is 14.6 Å². The van der Waals surface area contributed by atoms with Gasteiger partial charge in [-0.25, -0.2) is 4.79 Å². The zero-order valence-corrected chi connectivity index (χ0v) is 12.5. The molecule has 2 aromatic rings. The van der Waals surface area contributed by atoms with Gasteiger partial charge in [-0.2, -0.15) is 0 Å². The smallest absolute Gasteiger partial charge is 0.336 e. The number of ether oxygens (including phenoxy) is 2. The quantitative estimate of drug-likeness (QED) is 0.909. The Morgan fingerprint density at radius 1 is 1.24 bits per heavy atom. The molecule has 0 amide bonds. The number of carboxylic acid groups (broad SMARTS) is 1. The Labute approximate surface area is 127 Å². The highest BCUT2D eigenvalue weighted by molar-refractivity contribution is 6.30. The minimum Gasteiger partial charge on any atom is -0.496 e. The lowest BCUT2D eigenvalue weighted by molar-refractivity contribution is 0.0695. The molecule has 2 rings (SSSR count). The number of halogens is 1. The minimum atomic E-state index is -0.974. The summed E-state index contributed by atoms with van der Waals surface area (Å²) in [5.74, 6) is 0.224. The van der Waals surface area contributed by atoms with Crippen molar-refractivity contribution >= 4 is 17.6 Å². The van der Waals surface area contributed by atoms with Crippen molar-refractivity contribution < 1.29 is 19.4 Å². The van der Waals surface area contributed by atoms with E-state index in [-0.39, 0.29) is 12.2 Å². The molecule has 0 saturated heterocycles. The standard InChI is InChI=1S/C16H15ClO4/c1-10-13(16(18)19)4-3-5-14(10)21-9-11-8-12(17)6-7-15(11)20-2/h3-8H,9H2,1-2H3,(H,18,19). The van der Waals surface area contributed by atoms with Crippen LogP contribution in [0.4, 0.5) is 0 Å². The van der Waals surface area contributed by atoms with Crippen LogP contribution in [0.25, 0.3) is 0 Å². The SMILES string of the molecule is COc1ccc(Cl)cc1COc1cccc(C(=O)O)c1C. The van der Waals surface area contributed by atoms with Crippen molar-refractivity contribution in [2.24, 2.45) is 0 Å². The highest BCUT2D eigenvalue weighted by atomic mass is 35.5. The molecule has 5 heteroatoms. The van der Waals surface area contributed by atoms with Crippen LogP contribution in [0.3, 0.4) is 0 Å². The number of benzene rings is 2. The highest BCUT2D eigenvalue weighted by Gasteiger charge is 2.12. The summed E-state index contributed by atoms with van der Waals surface area (Å²) in [6.45, 7) is 1.96. The van der Waals surface area contributed by atoms with Gasteiger partial charge in [0.1, 0.15) is 18.1 Å². The Bertz CT molecular complexity index is 667. The molecule has 4 nitrogen and oxygen atoms in total. The maximum Gasteiger partial charge on any atom is 0.336 e. The third-order valence-corrected chi connectivity index (χ3v) is 3.38. The molecule has 1 N–H and O–H groups in total. The number of aromatic carboxylic acids is 1. The molecule has 0 fully saturated rings. The topological polar surface area (TPSA) is 55.8 Å². The van der Waals surface area contributed by atoms with Crippen LogP contribution in [-0.4, -0.2) is 18.2 Å². The summed E-state index contributed by atoms with van der Waals surface area (Å²) in [6, 6.07) is 10.2. The van der Waals surface area contributed by atoms with E-state index in [2.05, 4.69) is 0 Å². The normalized spacial score (nSPS) is 10.2. The molecule has 110 valence electrons. The van der Waals surface area contributed by atoms with Crippen molar-refractivity contribution in [3.8, 4) is 11.5 Å². The van der Waals surface area contributed by atoms with Crippen molar-refractivity contribution in [1.82, 2.24) is 0 Å². The van der Waals surface area contributed by atoms with E-state index in [1.807, 2.05) is 0 Å². The summed E-state index contributed by atoms with van der Waals surface area (Å²) in [4.78, 5) is 11.1. The molecule has 0 spiro atoms. The van der Waals surface area contributed by atoms with Gasteiger partial charge in [-0.3, -0.25) is 0 Å². The van der Waals surface area contributed by atoms with E-state index in [4.69, 9.17) is 26.2 Å². The number of carboxylic acids is 1. The second-order valence-electron chi connectivity index (χ2n) is 4.48. The van der Waals surface area contributed by atoms with E-state index < -0.39 is 5.97 Å². The lowest BCUT2D eigenvalue weighted by Gasteiger charge is -2.13. The van der Waals surface area contributed by atoms with Crippen molar-refractivity contribution in [3.63, 3.8) is 0 Å². The molecule has 0 bridgehead atoms. The Hall–Kier alpha value is -2.20. The van der Waals surface area contributed by atoms with Gasteiger partial charge in [-0.15, -0.1) is 0 Å². The summed E-state index contributed by atoms with van der Waals surface area (Å²) in [5, 5.41) is 9.69. The number of methoxy groups -OCH3 is 1. The minimum absolute atomic E-state index is 0.227. The van der Waals surface area contributed by atoms with Crippen LogP contribution in [-0.2, 0) is 6.61 Å². The molecular weight excluding hydrogens is 292 g/mol. The van der Waals surface area contributed by atoms with Gasteiger partial charge in [0, 0.05) is 16.1 Å². The van der Waals surface area contributed by atoms with E-state index in [1.165, 1.54) is 0 Å². The molecule has 21 heavy (non-hydrogen) atoms. The highest BCUT2D eigenvalue weighted by Crippen LogP contribution is 2.26. The van der Waals surface area contributed by atoms with Gasteiger partial charge in [0.05, 0.1) is 12.7 Å². The first-order valence-electron chi connectivity index (χ1n) is 6.31. The molecule has 0 saturated carbocycles. The van der Waals surface area contributed by atoms with Crippen LogP contribution in [0.2, 0.25) is 5.02 Å². The fourth-order valence-corrected chi connectivity index (χ4v) is 2.21. The van der Waals surface area contributed by atoms with Crippen molar-refractivity contribution in [3.05, 3.63) is 58.1 Å². The second kappa shape index (κ2) is 6.50. The van der Waals surface area contributed by atoms with Gasteiger partial charge >= 0.3 is 5.97 Å². The van der Waals surface area contributed by atoms with Crippen LogP contribution in [0.15, 0.2) is 36.4 Å². The van der Waals surface area contributed by atoms with Crippen molar-refractivity contribution in [1.29, 1.82) is 0 Å². The van der Waals surface area contributed by atoms with E-state index in [1.54, 1.807) is 50.4 Å².